The second-order valence-electron chi connectivity index (χ2n) is 4.38. The summed E-state index contributed by atoms with van der Waals surface area (Å²) in [5.41, 5.74) is 0.316. The first-order valence-electron chi connectivity index (χ1n) is 6.07. The van der Waals surface area contributed by atoms with Crippen LogP contribution in [0.2, 0.25) is 0 Å². The molecule has 0 amide bonds. The van der Waals surface area contributed by atoms with Crippen molar-refractivity contribution in [2.24, 2.45) is 11.1 Å². The number of carbonyl (C=O) groups is 1. The minimum absolute atomic E-state index is 0.105. The average molecular weight is 266 g/mol. The highest BCUT2D eigenvalue weighted by Crippen LogP contribution is 2.28. The fourth-order valence-corrected chi connectivity index (χ4v) is 1.58. The van der Waals surface area contributed by atoms with Crippen molar-refractivity contribution in [1.82, 2.24) is 4.98 Å². The van der Waals surface area contributed by atoms with Gasteiger partial charge in [0, 0.05) is 18.8 Å². The molecule has 0 bridgehead atoms. The summed E-state index contributed by atoms with van der Waals surface area (Å²) in [6, 6.07) is 0. The van der Waals surface area contributed by atoms with Crippen LogP contribution >= 0.6 is 0 Å². The molecule has 1 saturated carbocycles. The first-order chi connectivity index (χ1) is 9.22. The van der Waals surface area contributed by atoms with E-state index in [1.165, 1.54) is 32.4 Å². The Morgan fingerprint density at radius 2 is 2.37 bits per heavy atom. The van der Waals surface area contributed by atoms with E-state index in [1.54, 1.807) is 0 Å². The smallest absolute Gasteiger partial charge is 0.341 e. The molecule has 6 heteroatoms. The van der Waals surface area contributed by atoms with Crippen molar-refractivity contribution in [3.63, 3.8) is 0 Å². The van der Waals surface area contributed by atoms with Gasteiger partial charge in [-0.3, -0.25) is 4.98 Å². The van der Waals surface area contributed by atoms with Crippen molar-refractivity contribution >= 4 is 12.2 Å². The summed E-state index contributed by atoms with van der Waals surface area (Å²) < 4.78 is 18.1. The first-order valence-corrected chi connectivity index (χ1v) is 6.07. The lowest BCUT2D eigenvalue weighted by molar-refractivity contribution is 0.0594. The van der Waals surface area contributed by atoms with E-state index in [9.17, 15) is 9.18 Å². The molecular weight excluding hydrogens is 251 g/mol. The van der Waals surface area contributed by atoms with Crippen LogP contribution in [0.3, 0.4) is 0 Å². The Hall–Kier alpha value is -1.98. The molecule has 0 unspecified atom stereocenters. The first kappa shape index (κ1) is 13.5. The van der Waals surface area contributed by atoms with E-state index in [1.807, 2.05) is 0 Å². The van der Waals surface area contributed by atoms with Crippen LogP contribution in [0.25, 0.3) is 0 Å². The van der Waals surface area contributed by atoms with E-state index in [-0.39, 0.29) is 12.0 Å². The molecule has 1 heterocycles. The lowest BCUT2D eigenvalue weighted by atomic mass is 10.1. The van der Waals surface area contributed by atoms with Crippen molar-refractivity contribution < 1.29 is 18.8 Å². The molecule has 0 saturated heterocycles. The molecule has 5 nitrogen and oxygen atoms in total. The van der Waals surface area contributed by atoms with E-state index < -0.39 is 11.8 Å². The molecule has 19 heavy (non-hydrogen) atoms. The van der Waals surface area contributed by atoms with Gasteiger partial charge in [0.15, 0.2) is 5.82 Å². The Kier molecular flexibility index (Phi) is 4.43. The monoisotopic (exact) mass is 266 g/mol. The number of rotatable bonds is 6. The Balaban J connectivity index is 1.97. The summed E-state index contributed by atoms with van der Waals surface area (Å²) >= 11 is 0. The molecule has 1 aromatic rings. The molecule has 0 radical (unpaired) electrons. The Bertz CT molecular complexity index is 487. The third kappa shape index (κ3) is 3.74. The van der Waals surface area contributed by atoms with Crippen LogP contribution in [0, 0.1) is 11.7 Å². The number of halogens is 1. The van der Waals surface area contributed by atoms with Gasteiger partial charge in [0.05, 0.1) is 13.3 Å². The van der Waals surface area contributed by atoms with Crippen LogP contribution in [0.5, 0.6) is 0 Å². The predicted octanol–water partition coefficient (Wildman–Crippen LogP) is 1.96. The van der Waals surface area contributed by atoms with Crippen molar-refractivity contribution in [3.05, 3.63) is 29.3 Å². The number of methoxy groups -OCH3 is 1. The highest BCUT2D eigenvalue weighted by atomic mass is 19.1. The normalized spacial score (nSPS) is 14.6. The van der Waals surface area contributed by atoms with Crippen LogP contribution < -0.4 is 0 Å². The summed E-state index contributed by atoms with van der Waals surface area (Å²) in [5.74, 6) is -0.794. The molecule has 2 rings (SSSR count). The fourth-order valence-electron chi connectivity index (χ4n) is 1.58. The third-order valence-corrected chi connectivity index (χ3v) is 2.84. The largest absolute Gasteiger partial charge is 0.465 e. The number of esters is 1. The zero-order valence-electron chi connectivity index (χ0n) is 10.6. The van der Waals surface area contributed by atoms with Crippen molar-refractivity contribution in [1.29, 1.82) is 0 Å². The van der Waals surface area contributed by atoms with Gasteiger partial charge in [-0.25, -0.2) is 9.18 Å². The number of hydrogen-bond acceptors (Lipinski definition) is 5. The number of nitrogens with zero attached hydrogens (tertiary/aromatic N) is 2. The summed E-state index contributed by atoms with van der Waals surface area (Å²) in [4.78, 5) is 20.3. The van der Waals surface area contributed by atoms with Crippen LogP contribution in [-0.4, -0.2) is 30.9 Å². The number of carbonyl (C=O) groups excluding carboxylic acids is 1. The third-order valence-electron chi connectivity index (χ3n) is 2.84. The van der Waals surface area contributed by atoms with Gasteiger partial charge in [0.25, 0.3) is 0 Å². The van der Waals surface area contributed by atoms with Gasteiger partial charge in [-0.2, -0.15) is 0 Å². The van der Waals surface area contributed by atoms with Crippen LogP contribution in [0.15, 0.2) is 17.5 Å². The molecular formula is C13H15FN2O3. The van der Waals surface area contributed by atoms with E-state index >= 15 is 0 Å². The van der Waals surface area contributed by atoms with Gasteiger partial charge < -0.3 is 9.57 Å². The maximum absolute atomic E-state index is 13.5. The van der Waals surface area contributed by atoms with E-state index in [0.29, 0.717) is 18.1 Å². The second kappa shape index (κ2) is 6.26. The van der Waals surface area contributed by atoms with Crippen LogP contribution in [0.4, 0.5) is 4.39 Å². The molecule has 102 valence electrons. The average Bonchev–Trinajstić information content (AvgIpc) is 3.22. The molecule has 0 spiro atoms. The number of oxime groups is 1. The van der Waals surface area contributed by atoms with Gasteiger partial charge in [0.2, 0.25) is 0 Å². The van der Waals surface area contributed by atoms with E-state index in [2.05, 4.69) is 14.9 Å². The van der Waals surface area contributed by atoms with Crippen molar-refractivity contribution in [2.75, 3.05) is 13.7 Å². The maximum Gasteiger partial charge on any atom is 0.341 e. The summed E-state index contributed by atoms with van der Waals surface area (Å²) in [7, 11) is 1.21. The lowest BCUT2D eigenvalue weighted by Gasteiger charge is -2.05. The Labute approximate surface area is 110 Å². The number of aromatic nitrogens is 1. The molecule has 0 N–H and O–H groups in total. The quantitative estimate of drug-likeness (QED) is 0.448. The summed E-state index contributed by atoms with van der Waals surface area (Å²) in [6.07, 6.45) is 6.54. The second-order valence-corrected chi connectivity index (χ2v) is 4.38. The van der Waals surface area contributed by atoms with Gasteiger partial charge in [-0.1, -0.05) is 5.16 Å². The zero-order chi connectivity index (χ0) is 13.7. The van der Waals surface area contributed by atoms with Gasteiger partial charge in [-0.05, 0) is 24.3 Å². The molecule has 1 aliphatic rings. The summed E-state index contributed by atoms with van der Waals surface area (Å²) in [5, 5.41) is 3.78. The molecule has 1 fully saturated rings. The lowest BCUT2D eigenvalue weighted by Crippen LogP contribution is -2.10. The SMILES string of the molecule is COC(=O)c1c(F)cncc1C/C=N\OCC1CC1. The van der Waals surface area contributed by atoms with Gasteiger partial charge >= 0.3 is 5.97 Å². The Morgan fingerprint density at radius 1 is 1.58 bits per heavy atom. The molecule has 0 atom stereocenters. The number of ether oxygens (including phenoxy) is 1. The van der Waals surface area contributed by atoms with E-state index in [0.717, 1.165) is 6.20 Å². The summed E-state index contributed by atoms with van der Waals surface area (Å²) in [6.45, 7) is 0.613. The fraction of sp³-hybridized carbons (Fsp3) is 0.462. The predicted molar refractivity (Wildman–Crippen MR) is 66.4 cm³/mol. The number of hydrogen-bond donors (Lipinski definition) is 0. The molecule has 1 aromatic heterocycles. The standard InChI is InChI=1S/C13H15FN2O3/c1-18-13(17)12-10(6-15-7-11(12)14)4-5-16-19-8-9-2-3-9/h5-7,9H,2-4,8H2,1H3/b16-5-. The Morgan fingerprint density at radius 3 is 3.05 bits per heavy atom. The highest BCUT2D eigenvalue weighted by Gasteiger charge is 2.21. The molecule has 0 aromatic carbocycles. The minimum Gasteiger partial charge on any atom is -0.465 e. The minimum atomic E-state index is -0.720. The van der Waals surface area contributed by atoms with Gasteiger partial charge in [0.1, 0.15) is 12.2 Å². The van der Waals surface area contributed by atoms with Crippen LogP contribution in [0.1, 0.15) is 28.8 Å². The molecule has 0 aliphatic heterocycles. The van der Waals surface area contributed by atoms with Crippen molar-refractivity contribution in [3.8, 4) is 0 Å². The topological polar surface area (TPSA) is 60.8 Å². The van der Waals surface area contributed by atoms with Crippen molar-refractivity contribution in [2.45, 2.75) is 19.3 Å². The maximum atomic E-state index is 13.5. The van der Waals surface area contributed by atoms with E-state index in [4.69, 9.17) is 4.84 Å². The highest BCUT2D eigenvalue weighted by molar-refractivity contribution is 5.92. The number of pyridine rings is 1. The molecule has 1 aliphatic carbocycles. The zero-order valence-corrected chi connectivity index (χ0v) is 10.6. The van der Waals surface area contributed by atoms with Crippen LogP contribution in [-0.2, 0) is 16.0 Å². The van der Waals surface area contributed by atoms with Gasteiger partial charge in [-0.15, -0.1) is 0 Å².